The van der Waals surface area contributed by atoms with Crippen LogP contribution in [0.3, 0.4) is 0 Å². The summed E-state index contributed by atoms with van der Waals surface area (Å²) in [4.78, 5) is 0. The maximum absolute atomic E-state index is 14.1. The summed E-state index contributed by atoms with van der Waals surface area (Å²) < 4.78 is 27.3. The van der Waals surface area contributed by atoms with E-state index in [1.165, 1.54) is 36.4 Å². The number of nitriles is 2. The third-order valence-corrected chi connectivity index (χ3v) is 3.89. The Morgan fingerprint density at radius 2 is 1.68 bits per heavy atom. The Morgan fingerprint density at radius 3 is 2.27 bits per heavy atom. The van der Waals surface area contributed by atoms with E-state index in [0.717, 1.165) is 0 Å². The second kappa shape index (κ2) is 4.68. The fourth-order valence-corrected chi connectivity index (χ4v) is 2.90. The van der Waals surface area contributed by atoms with Crippen LogP contribution in [0.4, 0.5) is 8.78 Å². The Morgan fingerprint density at radius 1 is 1.00 bits per heavy atom. The van der Waals surface area contributed by atoms with Gasteiger partial charge in [-0.05, 0) is 29.3 Å². The van der Waals surface area contributed by atoms with Crippen molar-refractivity contribution in [1.82, 2.24) is 0 Å². The molecule has 0 spiro atoms. The van der Waals surface area contributed by atoms with Crippen molar-refractivity contribution in [3.8, 4) is 12.1 Å². The summed E-state index contributed by atoms with van der Waals surface area (Å²) in [5, 5.41) is 19.2. The predicted molar refractivity (Wildman–Crippen MR) is 75.9 cm³/mol. The lowest BCUT2D eigenvalue weighted by molar-refractivity contribution is 0.619. The van der Waals surface area contributed by atoms with Gasteiger partial charge >= 0.3 is 0 Å². The van der Waals surface area contributed by atoms with Gasteiger partial charge in [0.2, 0.25) is 0 Å². The molecule has 2 aromatic rings. The van der Waals surface area contributed by atoms with E-state index in [4.69, 9.17) is 5.73 Å². The van der Waals surface area contributed by atoms with Crippen molar-refractivity contribution in [3.63, 3.8) is 0 Å². The minimum absolute atomic E-state index is 0.0401. The zero-order chi connectivity index (χ0) is 15.9. The maximum atomic E-state index is 14.1. The summed E-state index contributed by atoms with van der Waals surface area (Å²) in [7, 11) is 0. The minimum Gasteiger partial charge on any atom is -0.397 e. The second-order valence-electron chi connectivity index (χ2n) is 4.93. The molecule has 0 bridgehead atoms. The van der Waals surface area contributed by atoms with E-state index < -0.39 is 17.0 Å². The first-order valence-electron chi connectivity index (χ1n) is 6.43. The molecule has 0 aromatic heterocycles. The van der Waals surface area contributed by atoms with Crippen LogP contribution in [0.2, 0.25) is 0 Å². The molecule has 2 N–H and O–H groups in total. The van der Waals surface area contributed by atoms with E-state index in [1.54, 1.807) is 6.07 Å². The number of nitrogens with two attached hydrogens (primary N) is 1. The normalized spacial score (nSPS) is 19.5. The molecule has 1 atom stereocenters. The Kier molecular flexibility index (Phi) is 2.93. The molecule has 5 heteroatoms. The number of fused-ring (bicyclic) bond motifs is 1. The van der Waals surface area contributed by atoms with E-state index in [2.05, 4.69) is 6.07 Å². The molecule has 2 aromatic carbocycles. The molecule has 106 valence electrons. The highest BCUT2D eigenvalue weighted by Crippen LogP contribution is 2.49. The lowest BCUT2D eigenvalue weighted by Crippen LogP contribution is -2.26. The summed E-state index contributed by atoms with van der Waals surface area (Å²) in [5.74, 6) is -1.06. The second-order valence-corrected chi connectivity index (χ2v) is 4.93. The van der Waals surface area contributed by atoms with Crippen LogP contribution >= 0.6 is 0 Å². The highest BCUT2D eigenvalue weighted by Gasteiger charge is 2.48. The van der Waals surface area contributed by atoms with Crippen LogP contribution in [0.15, 0.2) is 48.0 Å². The number of nitrogens with zero attached hydrogens (tertiary/aromatic N) is 2. The third-order valence-electron chi connectivity index (χ3n) is 3.89. The molecule has 0 saturated carbocycles. The summed E-state index contributed by atoms with van der Waals surface area (Å²) in [6.07, 6.45) is 0. The average Bonchev–Trinajstić information content (AvgIpc) is 2.78. The zero-order valence-electron chi connectivity index (χ0n) is 11.3. The Labute approximate surface area is 125 Å². The molecule has 0 fully saturated rings. The Bertz CT molecular complexity index is 886. The van der Waals surface area contributed by atoms with Gasteiger partial charge in [0.25, 0.3) is 0 Å². The van der Waals surface area contributed by atoms with Crippen molar-refractivity contribution in [1.29, 1.82) is 10.5 Å². The third kappa shape index (κ3) is 1.57. The molecule has 1 aliphatic carbocycles. The number of hydrogen-bond donors (Lipinski definition) is 1. The van der Waals surface area contributed by atoms with E-state index in [1.807, 2.05) is 6.07 Å². The van der Waals surface area contributed by atoms with Gasteiger partial charge in [-0.2, -0.15) is 10.5 Å². The van der Waals surface area contributed by atoms with Crippen LogP contribution in [0, 0.1) is 34.3 Å². The Hall–Kier alpha value is -3.18. The van der Waals surface area contributed by atoms with Gasteiger partial charge in [-0.25, -0.2) is 8.78 Å². The fraction of sp³-hybridized carbons (Fsp3) is 0.0588. The predicted octanol–water partition coefficient (Wildman–Crippen LogP) is 2.98. The molecule has 0 aliphatic heterocycles. The highest BCUT2D eigenvalue weighted by atomic mass is 19.1. The fourth-order valence-electron chi connectivity index (χ4n) is 2.90. The minimum atomic E-state index is -1.52. The van der Waals surface area contributed by atoms with Gasteiger partial charge in [-0.15, -0.1) is 0 Å². The SMILES string of the molecule is N#CC1=C(N)c2c(F)cccc2C1(C#N)c1ccc(F)cc1. The van der Waals surface area contributed by atoms with Crippen LogP contribution in [-0.4, -0.2) is 0 Å². The van der Waals surface area contributed by atoms with Gasteiger partial charge in [-0.1, -0.05) is 24.3 Å². The molecule has 0 heterocycles. The zero-order valence-corrected chi connectivity index (χ0v) is 11.3. The largest absolute Gasteiger partial charge is 0.397 e. The number of halogens is 2. The van der Waals surface area contributed by atoms with Gasteiger partial charge in [-0.3, -0.25) is 0 Å². The van der Waals surface area contributed by atoms with Crippen molar-refractivity contribution in [2.75, 3.05) is 0 Å². The van der Waals surface area contributed by atoms with Crippen LogP contribution in [0.5, 0.6) is 0 Å². The lowest BCUT2D eigenvalue weighted by atomic mass is 9.73. The maximum Gasteiger partial charge on any atom is 0.145 e. The van der Waals surface area contributed by atoms with Crippen LogP contribution in [0.1, 0.15) is 16.7 Å². The summed E-state index contributed by atoms with van der Waals surface area (Å²) in [6, 6.07) is 13.4. The first kappa shape index (κ1) is 13.8. The molecule has 3 nitrogen and oxygen atoms in total. The number of hydrogen-bond acceptors (Lipinski definition) is 3. The van der Waals surface area contributed by atoms with Gasteiger partial charge in [0.1, 0.15) is 17.0 Å². The standard InChI is InChI=1S/C17H9F2N3/c18-11-6-4-10(5-7-11)17(9-21)12-2-1-3-14(19)15(12)16(22)13(17)8-20/h1-7H,22H2. The first-order valence-corrected chi connectivity index (χ1v) is 6.43. The summed E-state index contributed by atoms with van der Waals surface area (Å²) in [5.41, 5.74) is 5.03. The molecule has 1 aliphatic rings. The van der Waals surface area contributed by atoms with Gasteiger partial charge in [0, 0.05) is 5.56 Å². The van der Waals surface area contributed by atoms with Gasteiger partial charge in [0.15, 0.2) is 0 Å². The van der Waals surface area contributed by atoms with Crippen molar-refractivity contribution in [2.24, 2.45) is 5.73 Å². The number of benzene rings is 2. The molecule has 0 radical (unpaired) electrons. The topological polar surface area (TPSA) is 73.6 Å². The molecule has 22 heavy (non-hydrogen) atoms. The summed E-state index contributed by atoms with van der Waals surface area (Å²) in [6.45, 7) is 0. The van der Waals surface area contributed by atoms with E-state index in [-0.39, 0.29) is 16.8 Å². The summed E-state index contributed by atoms with van der Waals surface area (Å²) >= 11 is 0. The van der Waals surface area contributed by atoms with Crippen LogP contribution in [-0.2, 0) is 5.41 Å². The van der Waals surface area contributed by atoms with Crippen molar-refractivity contribution >= 4 is 5.70 Å². The number of allylic oxidation sites excluding steroid dienone is 1. The van der Waals surface area contributed by atoms with Crippen molar-refractivity contribution in [3.05, 3.63) is 76.4 Å². The van der Waals surface area contributed by atoms with E-state index in [9.17, 15) is 19.3 Å². The molecular formula is C17H9F2N3. The lowest BCUT2D eigenvalue weighted by Gasteiger charge is -2.23. The van der Waals surface area contributed by atoms with E-state index in [0.29, 0.717) is 11.1 Å². The van der Waals surface area contributed by atoms with Gasteiger partial charge < -0.3 is 5.73 Å². The highest BCUT2D eigenvalue weighted by molar-refractivity contribution is 5.86. The molecule has 0 amide bonds. The molecular weight excluding hydrogens is 284 g/mol. The quantitative estimate of drug-likeness (QED) is 0.878. The monoisotopic (exact) mass is 293 g/mol. The van der Waals surface area contributed by atoms with Crippen molar-refractivity contribution < 1.29 is 8.78 Å². The Balaban J connectivity index is 2.43. The van der Waals surface area contributed by atoms with Crippen LogP contribution in [0.25, 0.3) is 5.70 Å². The van der Waals surface area contributed by atoms with Crippen LogP contribution < -0.4 is 5.73 Å². The average molecular weight is 293 g/mol. The smallest absolute Gasteiger partial charge is 0.145 e. The van der Waals surface area contributed by atoms with Crippen molar-refractivity contribution in [2.45, 2.75) is 5.41 Å². The van der Waals surface area contributed by atoms with Gasteiger partial charge in [0.05, 0.1) is 23.4 Å². The molecule has 0 saturated heterocycles. The number of rotatable bonds is 1. The molecule has 1 unspecified atom stereocenters. The molecule has 3 rings (SSSR count). The first-order chi connectivity index (χ1) is 10.6. The van der Waals surface area contributed by atoms with E-state index >= 15 is 0 Å².